The van der Waals surface area contributed by atoms with Crippen molar-refractivity contribution in [2.24, 2.45) is 5.92 Å². The van der Waals surface area contributed by atoms with Gasteiger partial charge in [0.15, 0.2) is 5.65 Å². The first-order valence-corrected chi connectivity index (χ1v) is 7.65. The van der Waals surface area contributed by atoms with Gasteiger partial charge >= 0.3 is 0 Å². The van der Waals surface area contributed by atoms with Gasteiger partial charge in [-0.25, -0.2) is 9.97 Å². The average Bonchev–Trinajstić information content (AvgIpc) is 2.98. The second kappa shape index (κ2) is 6.16. The minimum atomic E-state index is 0.456. The Hall–Kier alpha value is -1.71. The molecule has 1 atom stereocenters. The molecule has 1 unspecified atom stereocenters. The molecule has 0 radical (unpaired) electrons. The van der Waals surface area contributed by atoms with Gasteiger partial charge in [-0.1, -0.05) is 25.7 Å². The van der Waals surface area contributed by atoms with E-state index in [-0.39, 0.29) is 0 Å². The molecular weight excluding hydrogens is 248 g/mol. The summed E-state index contributed by atoms with van der Waals surface area (Å²) in [4.78, 5) is 13.0. The van der Waals surface area contributed by atoms with E-state index in [9.17, 15) is 0 Å². The molecule has 1 aliphatic carbocycles. The van der Waals surface area contributed by atoms with Crippen molar-refractivity contribution in [2.75, 3.05) is 5.32 Å². The van der Waals surface area contributed by atoms with Gasteiger partial charge in [0, 0.05) is 18.4 Å². The molecule has 0 amide bonds. The SMILES string of the molecule is CC(CCC1CCCC1)Nc1ccc2nccnc2n1. The third-order valence-corrected chi connectivity index (χ3v) is 4.21. The van der Waals surface area contributed by atoms with Crippen LogP contribution in [0.1, 0.15) is 45.4 Å². The van der Waals surface area contributed by atoms with E-state index >= 15 is 0 Å². The third-order valence-electron chi connectivity index (χ3n) is 4.21. The van der Waals surface area contributed by atoms with Crippen LogP contribution in [0.5, 0.6) is 0 Å². The van der Waals surface area contributed by atoms with Crippen molar-refractivity contribution in [2.45, 2.75) is 51.5 Å². The van der Waals surface area contributed by atoms with Crippen LogP contribution in [0.25, 0.3) is 11.2 Å². The molecule has 106 valence electrons. The molecule has 1 N–H and O–H groups in total. The van der Waals surface area contributed by atoms with Crippen molar-refractivity contribution < 1.29 is 0 Å². The van der Waals surface area contributed by atoms with Crippen LogP contribution in [0.4, 0.5) is 5.82 Å². The minimum Gasteiger partial charge on any atom is -0.368 e. The number of nitrogens with one attached hydrogen (secondary N) is 1. The van der Waals surface area contributed by atoms with E-state index in [1.807, 2.05) is 12.1 Å². The highest BCUT2D eigenvalue weighted by molar-refractivity contribution is 5.71. The fourth-order valence-electron chi connectivity index (χ4n) is 3.04. The average molecular weight is 270 g/mol. The number of anilines is 1. The predicted molar refractivity (Wildman–Crippen MR) is 81.6 cm³/mol. The summed E-state index contributed by atoms with van der Waals surface area (Å²) < 4.78 is 0. The van der Waals surface area contributed by atoms with Gasteiger partial charge in [-0.2, -0.15) is 0 Å². The van der Waals surface area contributed by atoms with E-state index in [4.69, 9.17) is 0 Å². The van der Waals surface area contributed by atoms with Crippen LogP contribution < -0.4 is 5.32 Å². The van der Waals surface area contributed by atoms with Crippen molar-refractivity contribution in [1.29, 1.82) is 0 Å². The Balaban J connectivity index is 1.57. The van der Waals surface area contributed by atoms with Gasteiger partial charge in [0.1, 0.15) is 11.3 Å². The predicted octanol–water partition coefficient (Wildman–Crippen LogP) is 3.80. The molecule has 0 bridgehead atoms. The maximum absolute atomic E-state index is 4.51. The Kier molecular flexibility index (Phi) is 4.09. The highest BCUT2D eigenvalue weighted by Gasteiger charge is 2.15. The van der Waals surface area contributed by atoms with E-state index in [2.05, 4.69) is 27.2 Å². The molecule has 2 aromatic heterocycles. The first kappa shape index (κ1) is 13.3. The van der Waals surface area contributed by atoms with Crippen LogP contribution in [0.3, 0.4) is 0 Å². The van der Waals surface area contributed by atoms with E-state index in [1.165, 1.54) is 38.5 Å². The summed E-state index contributed by atoms with van der Waals surface area (Å²) in [6.45, 7) is 2.23. The van der Waals surface area contributed by atoms with Gasteiger partial charge in [-0.3, -0.25) is 4.98 Å². The number of hydrogen-bond donors (Lipinski definition) is 1. The number of fused-ring (bicyclic) bond motifs is 1. The zero-order valence-electron chi connectivity index (χ0n) is 12.0. The lowest BCUT2D eigenvalue weighted by Crippen LogP contribution is -2.17. The summed E-state index contributed by atoms with van der Waals surface area (Å²) in [5, 5.41) is 3.48. The molecule has 0 spiro atoms. The largest absolute Gasteiger partial charge is 0.368 e. The highest BCUT2D eigenvalue weighted by Crippen LogP contribution is 2.29. The zero-order valence-corrected chi connectivity index (χ0v) is 12.0. The van der Waals surface area contributed by atoms with Crippen molar-refractivity contribution in [3.63, 3.8) is 0 Å². The summed E-state index contributed by atoms with van der Waals surface area (Å²) in [7, 11) is 0. The lowest BCUT2D eigenvalue weighted by molar-refractivity contribution is 0.467. The lowest BCUT2D eigenvalue weighted by atomic mass is 9.99. The maximum atomic E-state index is 4.51. The van der Waals surface area contributed by atoms with Crippen LogP contribution in [0.15, 0.2) is 24.5 Å². The second-order valence-corrected chi connectivity index (χ2v) is 5.87. The molecule has 2 aromatic rings. The summed E-state index contributed by atoms with van der Waals surface area (Å²) in [6, 6.07) is 4.42. The fraction of sp³-hybridized carbons (Fsp3) is 0.562. The van der Waals surface area contributed by atoms with Crippen LogP contribution >= 0.6 is 0 Å². The van der Waals surface area contributed by atoms with Gasteiger partial charge in [-0.15, -0.1) is 0 Å². The van der Waals surface area contributed by atoms with E-state index in [1.54, 1.807) is 12.4 Å². The lowest BCUT2D eigenvalue weighted by Gasteiger charge is -2.16. The van der Waals surface area contributed by atoms with Crippen LogP contribution in [0.2, 0.25) is 0 Å². The topological polar surface area (TPSA) is 50.7 Å². The first-order chi connectivity index (χ1) is 9.81. The number of rotatable bonds is 5. The van der Waals surface area contributed by atoms with Crippen LogP contribution in [0, 0.1) is 5.92 Å². The smallest absolute Gasteiger partial charge is 0.180 e. The summed E-state index contributed by atoms with van der Waals surface area (Å²) in [6.07, 6.45) is 11.6. The Morgan fingerprint density at radius 3 is 2.85 bits per heavy atom. The minimum absolute atomic E-state index is 0.456. The normalized spacial score (nSPS) is 17.4. The monoisotopic (exact) mass is 270 g/mol. The first-order valence-electron chi connectivity index (χ1n) is 7.65. The second-order valence-electron chi connectivity index (χ2n) is 5.87. The van der Waals surface area contributed by atoms with Crippen molar-refractivity contribution in [3.05, 3.63) is 24.5 Å². The molecule has 2 heterocycles. The number of aromatic nitrogens is 3. The Bertz CT molecular complexity index is 563. The van der Waals surface area contributed by atoms with Crippen molar-refractivity contribution in [1.82, 2.24) is 15.0 Å². The van der Waals surface area contributed by atoms with Gasteiger partial charge in [0.2, 0.25) is 0 Å². The van der Waals surface area contributed by atoms with Gasteiger partial charge in [0.05, 0.1) is 0 Å². The quantitative estimate of drug-likeness (QED) is 0.898. The molecule has 0 aliphatic heterocycles. The molecule has 20 heavy (non-hydrogen) atoms. The molecular formula is C16H22N4. The molecule has 0 aromatic carbocycles. The molecule has 0 saturated heterocycles. The molecule has 1 fully saturated rings. The van der Waals surface area contributed by atoms with Gasteiger partial charge in [0.25, 0.3) is 0 Å². The van der Waals surface area contributed by atoms with Crippen LogP contribution in [-0.4, -0.2) is 21.0 Å². The fourth-order valence-corrected chi connectivity index (χ4v) is 3.04. The van der Waals surface area contributed by atoms with Crippen molar-refractivity contribution in [3.8, 4) is 0 Å². The Morgan fingerprint density at radius 1 is 1.20 bits per heavy atom. The number of pyridine rings is 1. The standard InChI is InChI=1S/C16H22N4/c1-12(6-7-13-4-2-3-5-13)19-15-9-8-14-16(20-15)18-11-10-17-14/h8-13H,2-7H2,1H3,(H,18,19,20). The highest BCUT2D eigenvalue weighted by atomic mass is 15.0. The van der Waals surface area contributed by atoms with E-state index in [0.717, 1.165) is 17.3 Å². The molecule has 1 saturated carbocycles. The Labute approximate surface area is 120 Å². The summed E-state index contributed by atoms with van der Waals surface area (Å²) >= 11 is 0. The molecule has 1 aliphatic rings. The van der Waals surface area contributed by atoms with Gasteiger partial charge in [-0.05, 0) is 37.8 Å². The molecule has 3 rings (SSSR count). The number of hydrogen-bond acceptors (Lipinski definition) is 4. The molecule has 4 heteroatoms. The third kappa shape index (κ3) is 3.24. The zero-order chi connectivity index (χ0) is 13.8. The summed E-state index contributed by atoms with van der Waals surface area (Å²) in [5.41, 5.74) is 1.55. The van der Waals surface area contributed by atoms with Crippen LogP contribution in [-0.2, 0) is 0 Å². The van der Waals surface area contributed by atoms with E-state index < -0.39 is 0 Å². The maximum Gasteiger partial charge on any atom is 0.180 e. The van der Waals surface area contributed by atoms with Gasteiger partial charge < -0.3 is 5.32 Å². The summed E-state index contributed by atoms with van der Waals surface area (Å²) in [5.74, 6) is 1.85. The van der Waals surface area contributed by atoms with Crippen molar-refractivity contribution >= 4 is 17.0 Å². The number of nitrogens with zero attached hydrogens (tertiary/aromatic N) is 3. The molecule has 4 nitrogen and oxygen atoms in total. The Morgan fingerprint density at radius 2 is 2.00 bits per heavy atom. The van der Waals surface area contributed by atoms with E-state index in [0.29, 0.717) is 11.7 Å².